The van der Waals surface area contributed by atoms with Gasteiger partial charge in [-0.2, -0.15) is 13.2 Å². The third kappa shape index (κ3) is 3.97. The van der Waals surface area contributed by atoms with Gasteiger partial charge in [-0.25, -0.2) is 0 Å². The van der Waals surface area contributed by atoms with Crippen molar-refractivity contribution in [1.82, 2.24) is 4.98 Å². The minimum atomic E-state index is -4.79. The number of oxime groups is 1. The van der Waals surface area contributed by atoms with Crippen molar-refractivity contribution < 1.29 is 22.8 Å². The van der Waals surface area contributed by atoms with Crippen LogP contribution < -0.4 is 0 Å². The van der Waals surface area contributed by atoms with E-state index in [1.165, 1.54) is 24.4 Å². The number of halogens is 5. The summed E-state index contributed by atoms with van der Waals surface area (Å²) in [5.74, 6) is 0.415. The Morgan fingerprint density at radius 2 is 1.82 bits per heavy atom. The molecule has 1 atom stereocenters. The summed E-state index contributed by atoms with van der Waals surface area (Å²) < 4.78 is 43.0. The highest BCUT2D eigenvalue weighted by molar-refractivity contribution is 6.34. The van der Waals surface area contributed by atoms with Crippen LogP contribution in [0.2, 0.25) is 10.0 Å². The summed E-state index contributed by atoms with van der Waals surface area (Å²) in [5, 5.41) is 5.15. The van der Waals surface area contributed by atoms with Gasteiger partial charge in [0.05, 0.1) is 5.71 Å². The van der Waals surface area contributed by atoms with E-state index in [-0.39, 0.29) is 27.1 Å². The molecule has 3 aromatic rings. The maximum absolute atomic E-state index is 14.3. The van der Waals surface area contributed by atoms with Gasteiger partial charge in [0.2, 0.25) is 0 Å². The summed E-state index contributed by atoms with van der Waals surface area (Å²) >= 11 is 12.0. The van der Waals surface area contributed by atoms with E-state index in [4.69, 9.17) is 28.0 Å². The quantitative estimate of drug-likeness (QED) is 0.356. The third-order valence-corrected chi connectivity index (χ3v) is 6.55. The number of nitrogens with zero attached hydrogens (tertiary/aromatic N) is 2. The van der Waals surface area contributed by atoms with E-state index in [1.807, 2.05) is 0 Å². The molecule has 2 aromatic carbocycles. The van der Waals surface area contributed by atoms with E-state index in [9.17, 15) is 18.0 Å². The molecular weight excluding hydrogens is 476 g/mol. The van der Waals surface area contributed by atoms with E-state index in [0.29, 0.717) is 34.2 Å². The molecule has 1 unspecified atom stereocenters. The van der Waals surface area contributed by atoms with Gasteiger partial charge < -0.3 is 4.84 Å². The maximum atomic E-state index is 14.3. The van der Waals surface area contributed by atoms with Crippen LogP contribution in [0.5, 0.6) is 0 Å². The van der Waals surface area contributed by atoms with Crippen LogP contribution in [0.3, 0.4) is 0 Å². The van der Waals surface area contributed by atoms with Gasteiger partial charge in [-0.3, -0.25) is 9.78 Å². The molecule has 0 amide bonds. The first-order chi connectivity index (χ1) is 15.7. The molecule has 1 aliphatic carbocycles. The molecule has 0 saturated heterocycles. The number of hydrogen-bond acceptors (Lipinski definition) is 4. The number of hydrogen-bond donors (Lipinski definition) is 0. The van der Waals surface area contributed by atoms with Crippen molar-refractivity contribution in [1.29, 1.82) is 0 Å². The van der Waals surface area contributed by atoms with E-state index >= 15 is 0 Å². The monoisotopic (exact) mass is 492 g/mol. The van der Waals surface area contributed by atoms with Gasteiger partial charge in [-0.15, -0.1) is 0 Å². The van der Waals surface area contributed by atoms with Crippen LogP contribution >= 0.6 is 23.2 Å². The molecule has 170 valence electrons. The highest BCUT2D eigenvalue weighted by Crippen LogP contribution is 2.50. The van der Waals surface area contributed by atoms with Crippen LogP contribution in [-0.4, -0.2) is 22.7 Å². The fourth-order valence-corrected chi connectivity index (χ4v) is 4.74. The number of pyridine rings is 1. The lowest BCUT2D eigenvalue weighted by atomic mass is 9.85. The van der Waals surface area contributed by atoms with Crippen molar-refractivity contribution in [2.45, 2.75) is 37.5 Å². The Kier molecular flexibility index (Phi) is 5.37. The van der Waals surface area contributed by atoms with Crippen molar-refractivity contribution in [3.8, 4) is 0 Å². The van der Waals surface area contributed by atoms with Crippen molar-refractivity contribution in [2.24, 2.45) is 11.1 Å². The standard InChI is InChI=1S/C24H17Cl2F3N2O2/c25-15-8-14(9-16(26)10-15)23(24(27,28)29)11-21(31-33-23)18-3-4-19(22(32)7-13-1-2-13)20-12-30-6-5-17(18)20/h3-6,8-10,12-13H,1-2,7,11H2. The average Bonchev–Trinajstić information content (AvgIpc) is 3.44. The van der Waals surface area contributed by atoms with Crippen LogP contribution in [0.25, 0.3) is 10.8 Å². The molecule has 0 spiro atoms. The molecule has 2 aliphatic rings. The highest BCUT2D eigenvalue weighted by atomic mass is 35.5. The summed E-state index contributed by atoms with van der Waals surface area (Å²) in [6.07, 6.45) is 0.278. The predicted molar refractivity (Wildman–Crippen MR) is 120 cm³/mol. The third-order valence-electron chi connectivity index (χ3n) is 6.12. The van der Waals surface area contributed by atoms with Gasteiger partial charge >= 0.3 is 6.18 Å². The Bertz CT molecular complexity index is 1280. The Hall–Kier alpha value is -2.64. The molecule has 2 heterocycles. The van der Waals surface area contributed by atoms with Gasteiger partial charge in [0.1, 0.15) is 0 Å². The molecule has 33 heavy (non-hydrogen) atoms. The fraction of sp³-hybridized carbons (Fsp3) is 0.292. The SMILES string of the molecule is O=C(CC1CC1)c1ccc(C2=NOC(c3cc(Cl)cc(Cl)c3)(C(F)(F)F)C2)c2ccncc12. The Labute approximate surface area is 197 Å². The van der Waals surface area contributed by atoms with Gasteiger partial charge in [0, 0.05) is 57.4 Å². The molecule has 1 fully saturated rings. The second-order valence-corrected chi connectivity index (χ2v) is 9.31. The minimum absolute atomic E-state index is 0.00451. The maximum Gasteiger partial charge on any atom is 0.435 e. The van der Waals surface area contributed by atoms with E-state index in [0.717, 1.165) is 12.8 Å². The molecule has 0 N–H and O–H groups in total. The van der Waals surface area contributed by atoms with E-state index < -0.39 is 18.2 Å². The average molecular weight is 493 g/mol. The smallest absolute Gasteiger partial charge is 0.374 e. The minimum Gasteiger partial charge on any atom is -0.374 e. The summed E-state index contributed by atoms with van der Waals surface area (Å²) in [4.78, 5) is 22.0. The largest absolute Gasteiger partial charge is 0.435 e. The number of rotatable bonds is 5. The van der Waals surface area contributed by atoms with Crippen molar-refractivity contribution in [3.05, 3.63) is 75.5 Å². The molecule has 1 saturated carbocycles. The van der Waals surface area contributed by atoms with Crippen LogP contribution in [0.15, 0.2) is 53.9 Å². The zero-order valence-electron chi connectivity index (χ0n) is 17.1. The zero-order chi connectivity index (χ0) is 23.4. The molecule has 1 aromatic heterocycles. The Morgan fingerprint density at radius 3 is 2.48 bits per heavy atom. The van der Waals surface area contributed by atoms with Gasteiger partial charge in [0.15, 0.2) is 5.78 Å². The molecule has 0 radical (unpaired) electrons. The lowest BCUT2D eigenvalue weighted by Gasteiger charge is -2.29. The second-order valence-electron chi connectivity index (χ2n) is 8.44. The normalized spacial score (nSPS) is 20.6. The lowest BCUT2D eigenvalue weighted by molar-refractivity contribution is -0.275. The second kappa shape index (κ2) is 7.99. The fourth-order valence-electron chi connectivity index (χ4n) is 4.21. The lowest BCUT2D eigenvalue weighted by Crippen LogP contribution is -2.42. The number of ketones is 1. The molecule has 9 heteroatoms. The van der Waals surface area contributed by atoms with Crippen LogP contribution in [0, 0.1) is 5.92 Å². The molecule has 1 aliphatic heterocycles. The first-order valence-electron chi connectivity index (χ1n) is 10.4. The van der Waals surface area contributed by atoms with Crippen molar-refractivity contribution in [2.75, 3.05) is 0 Å². The number of aromatic nitrogens is 1. The number of benzene rings is 2. The summed E-state index contributed by atoms with van der Waals surface area (Å²) in [6.45, 7) is 0. The van der Waals surface area contributed by atoms with Gasteiger partial charge in [-0.05, 0) is 48.4 Å². The number of carbonyl (C=O) groups excluding carboxylic acids is 1. The van der Waals surface area contributed by atoms with E-state index in [1.54, 1.807) is 24.4 Å². The predicted octanol–water partition coefficient (Wildman–Crippen LogP) is 7.11. The van der Waals surface area contributed by atoms with Crippen LogP contribution in [-0.2, 0) is 10.4 Å². The number of alkyl halides is 3. The van der Waals surface area contributed by atoms with Crippen molar-refractivity contribution in [3.63, 3.8) is 0 Å². The number of fused-ring (bicyclic) bond motifs is 1. The summed E-state index contributed by atoms with van der Waals surface area (Å²) in [6, 6.07) is 8.65. The first kappa shape index (κ1) is 22.2. The zero-order valence-corrected chi connectivity index (χ0v) is 18.6. The summed E-state index contributed by atoms with van der Waals surface area (Å²) in [5.41, 5.74) is -1.88. The highest BCUT2D eigenvalue weighted by Gasteiger charge is 2.62. The van der Waals surface area contributed by atoms with Gasteiger partial charge in [-0.1, -0.05) is 40.5 Å². The molecular formula is C24H17Cl2F3N2O2. The number of Topliss-reactive ketones (excluding diaryl/α,β-unsaturated/α-hetero) is 1. The number of carbonyl (C=O) groups is 1. The first-order valence-corrected chi connectivity index (χ1v) is 11.1. The molecule has 0 bridgehead atoms. The van der Waals surface area contributed by atoms with E-state index in [2.05, 4.69) is 10.1 Å². The Balaban J connectivity index is 1.57. The van der Waals surface area contributed by atoms with Crippen LogP contribution in [0.1, 0.15) is 47.2 Å². The molecule has 4 nitrogen and oxygen atoms in total. The summed E-state index contributed by atoms with van der Waals surface area (Å²) in [7, 11) is 0. The van der Waals surface area contributed by atoms with Crippen LogP contribution in [0.4, 0.5) is 13.2 Å². The van der Waals surface area contributed by atoms with Crippen molar-refractivity contribution >= 4 is 45.5 Å². The molecule has 5 rings (SSSR count). The Morgan fingerprint density at radius 1 is 1.09 bits per heavy atom. The van der Waals surface area contributed by atoms with Gasteiger partial charge in [0.25, 0.3) is 5.60 Å². The topological polar surface area (TPSA) is 51.5 Å².